The van der Waals surface area contributed by atoms with Gasteiger partial charge in [-0.15, -0.1) is 0 Å². The average molecular weight is 125 g/mol. The van der Waals surface area contributed by atoms with Gasteiger partial charge in [0.2, 0.25) is 0 Å². The molecule has 1 radical (unpaired) electrons. The van der Waals surface area contributed by atoms with Gasteiger partial charge in [-0.3, -0.25) is 4.90 Å². The van der Waals surface area contributed by atoms with Crippen LogP contribution in [0.5, 0.6) is 0 Å². The molecule has 0 aromatic rings. The van der Waals surface area contributed by atoms with E-state index in [9.17, 15) is 0 Å². The van der Waals surface area contributed by atoms with Crippen molar-refractivity contribution in [3.8, 4) is 0 Å². The molecule has 0 aliphatic carbocycles. The van der Waals surface area contributed by atoms with Crippen LogP contribution in [0.25, 0.3) is 0 Å². The van der Waals surface area contributed by atoms with Crippen LogP contribution in [0.3, 0.4) is 0 Å². The van der Waals surface area contributed by atoms with Crippen molar-refractivity contribution in [1.29, 1.82) is 0 Å². The van der Waals surface area contributed by atoms with Crippen LogP contribution in [0, 0.1) is 6.54 Å². The van der Waals surface area contributed by atoms with Crippen molar-refractivity contribution in [3.63, 3.8) is 0 Å². The van der Waals surface area contributed by atoms with Gasteiger partial charge < -0.3 is 5.32 Å². The Hall–Kier alpha value is -0.0800. The molecule has 2 heterocycles. The predicted molar refractivity (Wildman–Crippen MR) is 36.9 cm³/mol. The zero-order valence-corrected chi connectivity index (χ0v) is 5.64. The van der Waals surface area contributed by atoms with Crippen LogP contribution in [0.1, 0.15) is 12.8 Å². The van der Waals surface area contributed by atoms with Crippen molar-refractivity contribution in [1.82, 2.24) is 10.2 Å². The van der Waals surface area contributed by atoms with E-state index in [4.69, 9.17) is 0 Å². The van der Waals surface area contributed by atoms with Gasteiger partial charge in [0.05, 0.1) is 0 Å². The lowest BCUT2D eigenvalue weighted by molar-refractivity contribution is 0.241. The Morgan fingerprint density at radius 3 is 3.33 bits per heavy atom. The van der Waals surface area contributed by atoms with Crippen LogP contribution >= 0.6 is 0 Å². The van der Waals surface area contributed by atoms with Gasteiger partial charge in [0.15, 0.2) is 0 Å². The molecule has 1 atom stereocenters. The van der Waals surface area contributed by atoms with Crippen LogP contribution in [-0.2, 0) is 0 Å². The molecule has 2 fully saturated rings. The Morgan fingerprint density at radius 1 is 1.44 bits per heavy atom. The highest BCUT2D eigenvalue weighted by Crippen LogP contribution is 2.19. The molecule has 0 aromatic heterocycles. The summed E-state index contributed by atoms with van der Waals surface area (Å²) in [6.45, 7) is 5.97. The number of piperazine rings is 1. The summed E-state index contributed by atoms with van der Waals surface area (Å²) in [5.41, 5.74) is 0. The number of hydrogen-bond acceptors (Lipinski definition) is 2. The van der Waals surface area contributed by atoms with E-state index in [1.807, 2.05) is 0 Å². The molecule has 2 aliphatic rings. The highest BCUT2D eigenvalue weighted by atomic mass is 15.2. The van der Waals surface area contributed by atoms with Crippen molar-refractivity contribution in [2.75, 3.05) is 19.6 Å². The van der Waals surface area contributed by atoms with Gasteiger partial charge in [-0.25, -0.2) is 0 Å². The quantitative estimate of drug-likeness (QED) is 0.498. The predicted octanol–water partition coefficient (Wildman–Crippen LogP) is 0.216. The second-order valence-corrected chi connectivity index (χ2v) is 2.87. The van der Waals surface area contributed by atoms with Crippen LogP contribution in [0.2, 0.25) is 0 Å². The van der Waals surface area contributed by atoms with E-state index in [1.165, 1.54) is 25.9 Å². The van der Waals surface area contributed by atoms with E-state index in [0.717, 1.165) is 12.6 Å². The molecule has 9 heavy (non-hydrogen) atoms. The van der Waals surface area contributed by atoms with Gasteiger partial charge in [-0.05, 0) is 19.4 Å². The zero-order valence-electron chi connectivity index (χ0n) is 5.64. The summed E-state index contributed by atoms with van der Waals surface area (Å²) < 4.78 is 0. The van der Waals surface area contributed by atoms with Gasteiger partial charge in [0, 0.05) is 25.7 Å². The molecule has 2 rings (SSSR count). The standard InChI is InChI=1S/C7H13N2/c1-2-7-6-8-3-5-9(7)4-1/h6-8H,1-5H2/t7-/m0/s1. The first-order valence-electron chi connectivity index (χ1n) is 3.77. The topological polar surface area (TPSA) is 15.3 Å². The van der Waals surface area contributed by atoms with Crippen molar-refractivity contribution in [3.05, 3.63) is 6.54 Å². The fraction of sp³-hybridized carbons (Fsp3) is 0.857. The summed E-state index contributed by atoms with van der Waals surface area (Å²) >= 11 is 0. The van der Waals surface area contributed by atoms with Crippen LogP contribution in [0.4, 0.5) is 0 Å². The third-order valence-corrected chi connectivity index (χ3v) is 2.27. The van der Waals surface area contributed by atoms with Crippen molar-refractivity contribution in [2.45, 2.75) is 18.9 Å². The zero-order chi connectivity index (χ0) is 6.10. The number of nitrogens with zero attached hydrogens (tertiary/aromatic N) is 1. The molecule has 2 nitrogen and oxygen atoms in total. The van der Waals surface area contributed by atoms with Gasteiger partial charge in [-0.2, -0.15) is 0 Å². The summed E-state index contributed by atoms with van der Waals surface area (Å²) in [4.78, 5) is 2.55. The van der Waals surface area contributed by atoms with Crippen molar-refractivity contribution in [2.24, 2.45) is 0 Å². The maximum Gasteiger partial charge on any atom is 0.0393 e. The lowest BCUT2D eigenvalue weighted by atomic mass is 10.2. The smallest absolute Gasteiger partial charge is 0.0393 e. The molecule has 0 saturated carbocycles. The second kappa shape index (κ2) is 2.27. The largest absolute Gasteiger partial charge is 0.310 e. The van der Waals surface area contributed by atoms with Gasteiger partial charge in [0.25, 0.3) is 0 Å². The van der Waals surface area contributed by atoms with Crippen LogP contribution in [-0.4, -0.2) is 30.6 Å². The van der Waals surface area contributed by atoms with Crippen molar-refractivity contribution < 1.29 is 0 Å². The normalized spacial score (nSPS) is 36.7. The summed E-state index contributed by atoms with van der Waals surface area (Å²) in [6, 6.07) is 0.763. The average Bonchev–Trinajstić information content (AvgIpc) is 2.33. The molecule has 0 bridgehead atoms. The number of rotatable bonds is 0. The van der Waals surface area contributed by atoms with E-state index >= 15 is 0 Å². The molecule has 0 spiro atoms. The second-order valence-electron chi connectivity index (χ2n) is 2.87. The van der Waals surface area contributed by atoms with Crippen LogP contribution < -0.4 is 5.32 Å². The molecule has 51 valence electrons. The summed E-state index contributed by atoms with van der Waals surface area (Å²) in [6.07, 6.45) is 2.76. The molecule has 2 aliphatic heterocycles. The molecule has 0 amide bonds. The first-order valence-corrected chi connectivity index (χ1v) is 3.77. The van der Waals surface area contributed by atoms with Gasteiger partial charge in [-0.1, -0.05) is 0 Å². The Balaban J connectivity index is 1.97. The van der Waals surface area contributed by atoms with Crippen molar-refractivity contribution >= 4 is 0 Å². The Labute approximate surface area is 56.2 Å². The lowest BCUT2D eigenvalue weighted by Crippen LogP contribution is -2.44. The summed E-state index contributed by atoms with van der Waals surface area (Å²) in [5.74, 6) is 0. The van der Waals surface area contributed by atoms with E-state index in [2.05, 4.69) is 16.8 Å². The molecular weight excluding hydrogens is 112 g/mol. The minimum Gasteiger partial charge on any atom is -0.310 e. The molecule has 2 heteroatoms. The fourth-order valence-electron chi connectivity index (χ4n) is 1.75. The third-order valence-electron chi connectivity index (χ3n) is 2.27. The third kappa shape index (κ3) is 0.970. The Kier molecular flexibility index (Phi) is 1.44. The molecular formula is C7H13N2. The van der Waals surface area contributed by atoms with Gasteiger partial charge in [0.1, 0.15) is 0 Å². The first-order chi connectivity index (χ1) is 4.47. The van der Waals surface area contributed by atoms with E-state index < -0.39 is 0 Å². The lowest BCUT2D eigenvalue weighted by Gasteiger charge is -2.29. The van der Waals surface area contributed by atoms with Gasteiger partial charge >= 0.3 is 0 Å². The maximum atomic E-state index is 3.29. The number of fused-ring (bicyclic) bond motifs is 1. The number of hydrogen-bond donors (Lipinski definition) is 1. The molecule has 1 N–H and O–H groups in total. The highest BCUT2D eigenvalue weighted by Gasteiger charge is 2.26. The fourth-order valence-corrected chi connectivity index (χ4v) is 1.75. The first kappa shape index (κ1) is 5.69. The monoisotopic (exact) mass is 125 g/mol. The Morgan fingerprint density at radius 2 is 2.44 bits per heavy atom. The van der Waals surface area contributed by atoms with E-state index in [0.29, 0.717) is 0 Å². The summed E-state index contributed by atoms with van der Waals surface area (Å²) in [7, 11) is 0. The molecule has 2 saturated heterocycles. The number of nitrogens with one attached hydrogen (secondary N) is 1. The minimum atomic E-state index is 0.763. The summed E-state index contributed by atoms with van der Waals surface area (Å²) in [5, 5.41) is 3.29. The Bertz CT molecular complexity index is 91.1. The maximum absolute atomic E-state index is 3.29. The van der Waals surface area contributed by atoms with E-state index in [-0.39, 0.29) is 0 Å². The molecule has 0 unspecified atom stereocenters. The van der Waals surface area contributed by atoms with Crippen LogP contribution in [0.15, 0.2) is 0 Å². The van der Waals surface area contributed by atoms with E-state index in [1.54, 1.807) is 0 Å². The minimum absolute atomic E-state index is 0.763. The molecule has 0 aromatic carbocycles. The highest BCUT2D eigenvalue weighted by molar-refractivity contribution is 4.92. The SMILES string of the molecule is [CH]1NCCN2CCC[C@@H]12.